The van der Waals surface area contributed by atoms with E-state index in [9.17, 15) is 4.79 Å². The zero-order valence-electron chi connectivity index (χ0n) is 13.1. The fourth-order valence-corrected chi connectivity index (χ4v) is 2.90. The van der Waals surface area contributed by atoms with E-state index in [1.54, 1.807) is 11.1 Å². The van der Waals surface area contributed by atoms with Crippen LogP contribution in [-0.4, -0.2) is 30.6 Å². The van der Waals surface area contributed by atoms with Crippen molar-refractivity contribution in [1.29, 1.82) is 0 Å². The molecule has 1 aliphatic rings. The van der Waals surface area contributed by atoms with Gasteiger partial charge in [0.2, 0.25) is 0 Å². The number of carbonyl (C=O) groups is 1. The maximum absolute atomic E-state index is 12.0. The Labute approximate surface area is 139 Å². The van der Waals surface area contributed by atoms with Crippen LogP contribution in [0, 0.1) is 0 Å². The van der Waals surface area contributed by atoms with Crippen molar-refractivity contribution in [1.82, 2.24) is 4.98 Å². The van der Waals surface area contributed by atoms with E-state index in [1.165, 1.54) is 0 Å². The third-order valence-corrected chi connectivity index (χ3v) is 4.07. The van der Waals surface area contributed by atoms with Crippen molar-refractivity contribution in [3.63, 3.8) is 0 Å². The number of pyridine rings is 1. The molecule has 4 rings (SSSR count). The average Bonchev–Trinajstić information content (AvgIpc) is 2.63. The molecule has 0 saturated carbocycles. The van der Waals surface area contributed by atoms with Crippen molar-refractivity contribution >= 4 is 33.9 Å². The number of hydrogen-bond acceptors (Lipinski definition) is 4. The normalized spacial score (nSPS) is 14.8. The van der Waals surface area contributed by atoms with E-state index in [0.717, 1.165) is 28.0 Å². The quantitative estimate of drug-likeness (QED) is 0.804. The number of carbonyl (C=O) groups excluding carboxylic acids is 1. The first-order valence-electron chi connectivity index (χ1n) is 7.90. The molecule has 0 unspecified atom stereocenters. The summed E-state index contributed by atoms with van der Waals surface area (Å²) < 4.78 is 5.19. The highest BCUT2D eigenvalue weighted by molar-refractivity contribution is 5.96. The number of nitrogens with one attached hydrogen (secondary N) is 1. The predicted octanol–water partition coefficient (Wildman–Crippen LogP) is 3.34. The Kier molecular flexibility index (Phi) is 3.84. The number of amides is 1. The van der Waals surface area contributed by atoms with Gasteiger partial charge in [-0.15, -0.1) is 0 Å². The van der Waals surface area contributed by atoms with Crippen LogP contribution in [0.25, 0.3) is 10.9 Å². The number of hydrogen-bond donors (Lipinski definition) is 1. The van der Waals surface area contributed by atoms with Crippen LogP contribution in [0.1, 0.15) is 0 Å². The van der Waals surface area contributed by atoms with Gasteiger partial charge in [-0.2, -0.15) is 0 Å². The van der Waals surface area contributed by atoms with Crippen LogP contribution < -0.4 is 10.2 Å². The molecule has 1 aliphatic heterocycles. The van der Waals surface area contributed by atoms with E-state index in [4.69, 9.17) is 4.74 Å². The second-order valence-corrected chi connectivity index (χ2v) is 5.65. The Morgan fingerprint density at radius 3 is 2.92 bits per heavy atom. The van der Waals surface area contributed by atoms with Gasteiger partial charge < -0.3 is 15.0 Å². The first-order chi connectivity index (χ1) is 11.8. The summed E-state index contributed by atoms with van der Waals surface area (Å²) in [6.45, 7) is 1.30. The highest BCUT2D eigenvalue weighted by Crippen LogP contribution is 2.27. The molecule has 1 fully saturated rings. The number of benzene rings is 2. The van der Waals surface area contributed by atoms with Crippen LogP contribution in [0.15, 0.2) is 60.8 Å². The summed E-state index contributed by atoms with van der Waals surface area (Å²) in [5, 5.41) is 4.49. The van der Waals surface area contributed by atoms with E-state index < -0.39 is 0 Å². The van der Waals surface area contributed by atoms with Gasteiger partial charge >= 0.3 is 0 Å². The maximum Gasteiger partial charge on any atom is 0.253 e. The Hall–Kier alpha value is -2.92. The van der Waals surface area contributed by atoms with Crippen molar-refractivity contribution in [3.05, 3.63) is 60.8 Å². The molecular formula is C19H17N3O2. The van der Waals surface area contributed by atoms with E-state index in [0.29, 0.717) is 13.2 Å². The van der Waals surface area contributed by atoms with Gasteiger partial charge in [-0.3, -0.25) is 9.78 Å². The molecular weight excluding hydrogens is 302 g/mol. The first-order valence-corrected chi connectivity index (χ1v) is 7.90. The first kappa shape index (κ1) is 14.7. The summed E-state index contributed by atoms with van der Waals surface area (Å²) in [5.41, 5.74) is 3.75. The SMILES string of the molecule is O=C1COCCN1c1cccc(Nc2ccnc3ccccc23)c1. The summed E-state index contributed by atoms with van der Waals surface area (Å²) in [7, 11) is 0. The number of morpholine rings is 1. The largest absolute Gasteiger partial charge is 0.370 e. The lowest BCUT2D eigenvalue weighted by molar-refractivity contribution is -0.125. The van der Waals surface area contributed by atoms with Crippen LogP contribution in [0.4, 0.5) is 17.1 Å². The summed E-state index contributed by atoms with van der Waals surface area (Å²) >= 11 is 0. The molecule has 2 heterocycles. The maximum atomic E-state index is 12.0. The van der Waals surface area contributed by atoms with Gasteiger partial charge in [0.1, 0.15) is 6.61 Å². The molecule has 5 heteroatoms. The molecule has 0 aliphatic carbocycles. The van der Waals surface area contributed by atoms with Gasteiger partial charge in [-0.25, -0.2) is 0 Å². The lowest BCUT2D eigenvalue weighted by Gasteiger charge is -2.27. The zero-order valence-corrected chi connectivity index (χ0v) is 13.1. The van der Waals surface area contributed by atoms with Crippen LogP contribution in [0.2, 0.25) is 0 Å². The predicted molar refractivity (Wildman–Crippen MR) is 94.6 cm³/mol. The number of rotatable bonds is 3. The summed E-state index contributed by atoms with van der Waals surface area (Å²) in [6, 6.07) is 17.8. The Balaban J connectivity index is 1.65. The Morgan fingerprint density at radius 2 is 2.00 bits per heavy atom. The Morgan fingerprint density at radius 1 is 1.08 bits per heavy atom. The molecule has 1 amide bonds. The van der Waals surface area contributed by atoms with E-state index >= 15 is 0 Å². The number of para-hydroxylation sites is 1. The molecule has 0 bridgehead atoms. The van der Waals surface area contributed by atoms with E-state index in [1.807, 2.05) is 54.6 Å². The molecule has 0 atom stereocenters. The van der Waals surface area contributed by atoms with Gasteiger partial charge in [0, 0.05) is 35.2 Å². The van der Waals surface area contributed by atoms with Gasteiger partial charge in [0.15, 0.2) is 0 Å². The lowest BCUT2D eigenvalue weighted by atomic mass is 10.1. The average molecular weight is 319 g/mol. The van der Waals surface area contributed by atoms with E-state index in [2.05, 4.69) is 10.3 Å². The molecule has 5 nitrogen and oxygen atoms in total. The highest BCUT2D eigenvalue weighted by Gasteiger charge is 2.20. The van der Waals surface area contributed by atoms with Crippen molar-refractivity contribution in [2.75, 3.05) is 30.0 Å². The fraction of sp³-hybridized carbons (Fsp3) is 0.158. The van der Waals surface area contributed by atoms with Crippen molar-refractivity contribution < 1.29 is 9.53 Å². The van der Waals surface area contributed by atoms with Crippen LogP contribution >= 0.6 is 0 Å². The van der Waals surface area contributed by atoms with Crippen LogP contribution in [0.5, 0.6) is 0 Å². The Bertz CT molecular complexity index is 889. The summed E-state index contributed by atoms with van der Waals surface area (Å²) in [5.74, 6) is -0.00670. The minimum atomic E-state index is -0.00670. The second-order valence-electron chi connectivity index (χ2n) is 5.65. The smallest absolute Gasteiger partial charge is 0.253 e. The van der Waals surface area contributed by atoms with Crippen LogP contribution in [0.3, 0.4) is 0 Å². The van der Waals surface area contributed by atoms with Crippen molar-refractivity contribution in [2.45, 2.75) is 0 Å². The van der Waals surface area contributed by atoms with Crippen molar-refractivity contribution in [3.8, 4) is 0 Å². The summed E-state index contributed by atoms with van der Waals surface area (Å²) in [4.78, 5) is 18.2. The number of anilines is 3. The standard InChI is InChI=1S/C19H17N3O2/c23-19-13-24-11-10-22(19)15-5-3-4-14(12-15)21-18-8-9-20-17-7-2-1-6-16(17)18/h1-9,12H,10-11,13H2,(H,20,21). The zero-order chi connectivity index (χ0) is 16.4. The third-order valence-electron chi connectivity index (χ3n) is 4.07. The fourth-order valence-electron chi connectivity index (χ4n) is 2.90. The van der Waals surface area contributed by atoms with Crippen LogP contribution in [-0.2, 0) is 9.53 Å². The number of fused-ring (bicyclic) bond motifs is 1. The molecule has 0 radical (unpaired) electrons. The van der Waals surface area contributed by atoms with Gasteiger partial charge in [-0.1, -0.05) is 24.3 Å². The number of ether oxygens (including phenoxy) is 1. The molecule has 1 aromatic heterocycles. The molecule has 3 aromatic rings. The topological polar surface area (TPSA) is 54.5 Å². The molecule has 1 saturated heterocycles. The van der Waals surface area contributed by atoms with Gasteiger partial charge in [0.05, 0.1) is 12.1 Å². The van der Waals surface area contributed by atoms with E-state index in [-0.39, 0.29) is 12.5 Å². The molecule has 120 valence electrons. The second kappa shape index (κ2) is 6.29. The molecule has 2 aromatic carbocycles. The monoisotopic (exact) mass is 319 g/mol. The minimum absolute atomic E-state index is 0.00670. The third kappa shape index (κ3) is 2.81. The number of nitrogens with zero attached hydrogens (tertiary/aromatic N) is 2. The summed E-state index contributed by atoms with van der Waals surface area (Å²) in [6.07, 6.45) is 1.79. The highest BCUT2D eigenvalue weighted by atomic mass is 16.5. The minimum Gasteiger partial charge on any atom is -0.370 e. The van der Waals surface area contributed by atoms with Crippen molar-refractivity contribution in [2.24, 2.45) is 0 Å². The lowest BCUT2D eigenvalue weighted by Crippen LogP contribution is -2.41. The molecule has 1 N–H and O–H groups in total. The molecule has 24 heavy (non-hydrogen) atoms. The molecule has 0 spiro atoms. The number of aromatic nitrogens is 1. The van der Waals surface area contributed by atoms with Gasteiger partial charge in [0.25, 0.3) is 5.91 Å². The van der Waals surface area contributed by atoms with Gasteiger partial charge in [-0.05, 0) is 30.3 Å².